The summed E-state index contributed by atoms with van der Waals surface area (Å²) in [4.78, 5) is 16.2. The summed E-state index contributed by atoms with van der Waals surface area (Å²) in [6.45, 7) is 3.32. The van der Waals surface area contributed by atoms with Crippen LogP contribution in [0.3, 0.4) is 0 Å². The van der Waals surface area contributed by atoms with Crippen molar-refractivity contribution in [3.8, 4) is 5.88 Å². The first-order valence-electron chi connectivity index (χ1n) is 10.5. The molecule has 30 heavy (non-hydrogen) atoms. The van der Waals surface area contributed by atoms with Crippen molar-refractivity contribution in [3.63, 3.8) is 0 Å². The van der Waals surface area contributed by atoms with Gasteiger partial charge in [-0.1, -0.05) is 30.3 Å². The molecule has 4 atom stereocenters. The number of morpholine rings is 1. The second-order valence-electron chi connectivity index (χ2n) is 8.48. The van der Waals surface area contributed by atoms with Crippen molar-refractivity contribution in [3.05, 3.63) is 59.1 Å². The number of carbonyl (C=O) groups is 1. The minimum absolute atomic E-state index is 0.0155. The summed E-state index contributed by atoms with van der Waals surface area (Å²) in [5.74, 6) is 2.10. The molecular weight excluding hydrogens is 384 g/mol. The number of rotatable bonds is 5. The molecule has 1 spiro atoms. The Balaban J connectivity index is 1.40. The zero-order valence-corrected chi connectivity index (χ0v) is 16.9. The van der Waals surface area contributed by atoms with Gasteiger partial charge in [-0.05, 0) is 23.2 Å². The number of ether oxygens (including phenoxy) is 3. The Morgan fingerprint density at radius 1 is 1.23 bits per heavy atom. The van der Waals surface area contributed by atoms with E-state index in [0.717, 1.165) is 30.8 Å². The van der Waals surface area contributed by atoms with E-state index in [1.165, 1.54) is 0 Å². The molecule has 0 amide bonds. The fourth-order valence-corrected chi connectivity index (χ4v) is 5.80. The highest BCUT2D eigenvalue weighted by Crippen LogP contribution is 2.72. The number of Topliss-reactive ketones (excluding diaryl/α,β-unsaturated/α-hetero) is 1. The number of methoxy groups -OCH3 is 1. The maximum atomic E-state index is 13.8. The van der Waals surface area contributed by atoms with E-state index in [-0.39, 0.29) is 29.5 Å². The molecule has 1 saturated carbocycles. The zero-order valence-electron chi connectivity index (χ0n) is 16.9. The highest BCUT2D eigenvalue weighted by atomic mass is 16.5. The van der Waals surface area contributed by atoms with Crippen LogP contribution in [0, 0.1) is 17.3 Å². The van der Waals surface area contributed by atoms with Gasteiger partial charge in [-0.2, -0.15) is 0 Å². The van der Waals surface area contributed by atoms with E-state index in [1.807, 2.05) is 30.3 Å². The molecular formula is C23H24N2O5. The van der Waals surface area contributed by atoms with Crippen molar-refractivity contribution in [2.24, 2.45) is 17.3 Å². The molecule has 0 radical (unpaired) electrons. The van der Waals surface area contributed by atoms with E-state index >= 15 is 0 Å². The third kappa shape index (κ3) is 2.27. The van der Waals surface area contributed by atoms with Gasteiger partial charge in [0.15, 0.2) is 11.5 Å². The van der Waals surface area contributed by atoms with Gasteiger partial charge in [-0.3, -0.25) is 9.69 Å². The monoisotopic (exact) mass is 408 g/mol. The Bertz CT molecular complexity index is 1010. The second kappa shape index (κ2) is 6.68. The predicted molar refractivity (Wildman–Crippen MR) is 106 cm³/mol. The van der Waals surface area contributed by atoms with Crippen molar-refractivity contribution in [2.75, 3.05) is 33.4 Å². The average Bonchev–Trinajstić information content (AvgIpc) is 3.20. The lowest BCUT2D eigenvalue weighted by molar-refractivity contribution is -0.110. The molecule has 6 rings (SSSR count). The van der Waals surface area contributed by atoms with Crippen molar-refractivity contribution < 1.29 is 23.5 Å². The van der Waals surface area contributed by atoms with Gasteiger partial charge in [-0.15, -0.1) is 0 Å². The van der Waals surface area contributed by atoms with Gasteiger partial charge in [-0.25, -0.2) is 0 Å². The molecule has 2 fully saturated rings. The largest absolute Gasteiger partial charge is 0.500 e. The standard InChI is InChI=1S/C23H24N2O5/c1-27-17-12-15-11-16-19(25-7-9-28-10-8-25)20-18(21(26)23(15,16)17)22(24-30-20)29-13-14-5-3-2-4-6-14/h2-6,12,15-16,19H,7-11,13H2,1H3/t15-,16?,19+,23?/m1/s1. The normalized spacial score (nSPS) is 32.1. The van der Waals surface area contributed by atoms with E-state index < -0.39 is 5.41 Å². The topological polar surface area (TPSA) is 74.0 Å². The maximum absolute atomic E-state index is 13.8. The summed E-state index contributed by atoms with van der Waals surface area (Å²) in [5, 5.41) is 4.20. The van der Waals surface area contributed by atoms with Crippen LogP contribution in [0.15, 0.2) is 46.7 Å². The molecule has 2 aromatic rings. The fraction of sp³-hybridized carbons (Fsp3) is 0.478. The summed E-state index contributed by atoms with van der Waals surface area (Å²) in [6.07, 6.45) is 3.05. The summed E-state index contributed by atoms with van der Waals surface area (Å²) in [6, 6.07) is 9.84. The van der Waals surface area contributed by atoms with Crippen LogP contribution >= 0.6 is 0 Å². The molecule has 0 bridgehead atoms. The van der Waals surface area contributed by atoms with Crippen molar-refractivity contribution in [2.45, 2.75) is 19.1 Å². The Hall–Kier alpha value is -2.64. The van der Waals surface area contributed by atoms with Gasteiger partial charge in [0.05, 0.1) is 26.4 Å². The molecule has 1 aromatic carbocycles. The van der Waals surface area contributed by atoms with Crippen LogP contribution in [0.5, 0.6) is 5.88 Å². The lowest BCUT2D eigenvalue weighted by Gasteiger charge is -2.64. The molecule has 1 aliphatic heterocycles. The van der Waals surface area contributed by atoms with Gasteiger partial charge in [0.2, 0.25) is 0 Å². The lowest BCUT2D eigenvalue weighted by atomic mass is 9.40. The van der Waals surface area contributed by atoms with E-state index in [4.69, 9.17) is 18.7 Å². The number of ketones is 1. The summed E-state index contributed by atoms with van der Waals surface area (Å²) < 4.78 is 23.0. The Morgan fingerprint density at radius 2 is 2.03 bits per heavy atom. The van der Waals surface area contributed by atoms with Crippen LogP contribution in [0.2, 0.25) is 0 Å². The van der Waals surface area contributed by atoms with Gasteiger partial charge < -0.3 is 18.7 Å². The molecule has 1 aromatic heterocycles. The SMILES string of the molecule is COC1=C[C@H]2CC3[C@H](N4CCOCC4)c4onc(OCc5ccccc5)c4C(=O)C132. The second-order valence-corrected chi connectivity index (χ2v) is 8.48. The third-order valence-corrected chi connectivity index (χ3v) is 7.25. The van der Waals surface area contributed by atoms with Crippen LogP contribution in [0.1, 0.15) is 34.1 Å². The maximum Gasteiger partial charge on any atom is 0.265 e. The lowest BCUT2D eigenvalue weighted by Crippen LogP contribution is -2.66. The summed E-state index contributed by atoms with van der Waals surface area (Å²) in [5.41, 5.74) is 0.910. The van der Waals surface area contributed by atoms with Crippen LogP contribution in [0.4, 0.5) is 0 Å². The van der Waals surface area contributed by atoms with Crippen molar-refractivity contribution >= 4 is 5.78 Å². The quantitative estimate of drug-likeness (QED) is 0.753. The number of fused-ring (bicyclic) bond motifs is 1. The first-order valence-corrected chi connectivity index (χ1v) is 10.5. The van der Waals surface area contributed by atoms with E-state index in [0.29, 0.717) is 31.1 Å². The fourth-order valence-electron chi connectivity index (χ4n) is 5.80. The minimum Gasteiger partial charge on any atom is -0.500 e. The molecule has 1 saturated heterocycles. The minimum atomic E-state index is -0.596. The van der Waals surface area contributed by atoms with Crippen molar-refractivity contribution in [1.82, 2.24) is 10.1 Å². The predicted octanol–water partition coefficient (Wildman–Crippen LogP) is 2.99. The molecule has 2 heterocycles. The van der Waals surface area contributed by atoms with Crippen LogP contribution in [-0.2, 0) is 16.1 Å². The average molecular weight is 408 g/mol. The number of hydrogen-bond donors (Lipinski definition) is 0. The molecule has 7 heteroatoms. The molecule has 0 N–H and O–H groups in total. The number of nitrogens with zero attached hydrogens (tertiary/aromatic N) is 2. The third-order valence-electron chi connectivity index (χ3n) is 7.25. The zero-order chi connectivity index (χ0) is 20.3. The Kier molecular flexibility index (Phi) is 4.05. The number of benzene rings is 1. The van der Waals surface area contributed by atoms with Crippen LogP contribution in [-0.4, -0.2) is 49.3 Å². The Labute approximate surface area is 174 Å². The van der Waals surface area contributed by atoms with Crippen LogP contribution in [0.25, 0.3) is 0 Å². The number of aromatic nitrogens is 1. The smallest absolute Gasteiger partial charge is 0.265 e. The molecule has 156 valence electrons. The van der Waals surface area contributed by atoms with Gasteiger partial charge in [0, 0.05) is 24.9 Å². The number of carbonyl (C=O) groups excluding carboxylic acids is 1. The van der Waals surface area contributed by atoms with Gasteiger partial charge in [0.25, 0.3) is 5.88 Å². The molecule has 4 aliphatic rings. The highest BCUT2D eigenvalue weighted by Gasteiger charge is 2.73. The van der Waals surface area contributed by atoms with Gasteiger partial charge in [0.1, 0.15) is 23.3 Å². The first-order chi connectivity index (χ1) is 14.7. The van der Waals surface area contributed by atoms with Crippen LogP contribution < -0.4 is 4.74 Å². The summed E-state index contributed by atoms with van der Waals surface area (Å²) >= 11 is 0. The number of allylic oxidation sites excluding steroid dienone is 2. The van der Waals surface area contributed by atoms with E-state index in [1.54, 1.807) is 7.11 Å². The highest BCUT2D eigenvalue weighted by molar-refractivity contribution is 6.08. The molecule has 7 nitrogen and oxygen atoms in total. The Morgan fingerprint density at radius 3 is 2.77 bits per heavy atom. The first kappa shape index (κ1) is 18.2. The molecule has 2 unspecified atom stereocenters. The van der Waals surface area contributed by atoms with E-state index in [9.17, 15) is 4.79 Å². The number of hydrogen-bond acceptors (Lipinski definition) is 7. The van der Waals surface area contributed by atoms with E-state index in [2.05, 4.69) is 16.1 Å². The van der Waals surface area contributed by atoms with Gasteiger partial charge >= 0.3 is 0 Å². The van der Waals surface area contributed by atoms with Crippen molar-refractivity contribution in [1.29, 1.82) is 0 Å². The molecule has 3 aliphatic carbocycles. The summed E-state index contributed by atoms with van der Waals surface area (Å²) in [7, 11) is 1.65.